The maximum atomic E-state index is 13.3. The van der Waals surface area contributed by atoms with Crippen LogP contribution in [0.1, 0.15) is 15.9 Å². The maximum Gasteiger partial charge on any atom is 0.338 e. The van der Waals surface area contributed by atoms with Gasteiger partial charge in [-0.05, 0) is 24.6 Å². The Kier molecular flexibility index (Phi) is 3.54. The number of ether oxygens (including phenoxy) is 1. The van der Waals surface area contributed by atoms with Crippen LogP contribution in [0.15, 0.2) is 17.0 Å². The molecule has 0 amide bonds. The van der Waals surface area contributed by atoms with Crippen molar-refractivity contribution in [2.45, 2.75) is 11.8 Å². The molecule has 1 aromatic rings. The van der Waals surface area contributed by atoms with E-state index in [2.05, 4.69) is 4.74 Å². The molecule has 0 atom stereocenters. The van der Waals surface area contributed by atoms with E-state index in [0.717, 1.165) is 19.2 Å². The van der Waals surface area contributed by atoms with E-state index in [-0.39, 0.29) is 11.1 Å². The number of aryl methyl sites for hydroxylation is 1. The number of esters is 1. The molecule has 0 unspecified atom stereocenters. The molecule has 4 nitrogen and oxygen atoms in total. The Balaban J connectivity index is 3.51. The molecule has 1 rings (SSSR count). The van der Waals surface area contributed by atoms with Crippen molar-refractivity contribution in [2.24, 2.45) is 0 Å². The lowest BCUT2D eigenvalue weighted by Gasteiger charge is -2.06. The summed E-state index contributed by atoms with van der Waals surface area (Å²) < 4.78 is 39.7. The molecule has 0 fully saturated rings. The lowest BCUT2D eigenvalue weighted by atomic mass is 10.1. The number of halogens is 2. The molecule has 7 heteroatoms. The topological polar surface area (TPSA) is 60.4 Å². The lowest BCUT2D eigenvalue weighted by Crippen LogP contribution is -2.07. The molecule has 0 spiro atoms. The quantitative estimate of drug-likeness (QED) is 0.605. The highest BCUT2D eigenvalue weighted by Crippen LogP contribution is 2.23. The highest BCUT2D eigenvalue weighted by Gasteiger charge is 2.21. The molecule has 0 heterocycles. The van der Waals surface area contributed by atoms with Gasteiger partial charge in [0.25, 0.3) is 9.05 Å². The number of methoxy groups -OCH3 is 1. The number of hydrogen-bond acceptors (Lipinski definition) is 4. The third-order valence-corrected chi connectivity index (χ3v) is 3.28. The van der Waals surface area contributed by atoms with Crippen molar-refractivity contribution in [3.05, 3.63) is 29.1 Å². The van der Waals surface area contributed by atoms with Crippen LogP contribution in [0.4, 0.5) is 4.39 Å². The van der Waals surface area contributed by atoms with Crippen LogP contribution in [-0.2, 0) is 13.8 Å². The van der Waals surface area contributed by atoms with Crippen molar-refractivity contribution in [2.75, 3.05) is 7.11 Å². The van der Waals surface area contributed by atoms with E-state index in [1.165, 1.54) is 6.92 Å². The smallest absolute Gasteiger partial charge is 0.338 e. The summed E-state index contributed by atoms with van der Waals surface area (Å²) in [7, 11) is 1.93. The van der Waals surface area contributed by atoms with Gasteiger partial charge in [-0.3, -0.25) is 0 Å². The molecule has 1 aromatic carbocycles. The van der Waals surface area contributed by atoms with Crippen molar-refractivity contribution in [1.29, 1.82) is 0 Å². The summed E-state index contributed by atoms with van der Waals surface area (Å²) in [4.78, 5) is 10.5. The summed E-state index contributed by atoms with van der Waals surface area (Å²) in [6, 6.07) is 1.78. The minimum absolute atomic E-state index is 0.0388. The summed E-state index contributed by atoms with van der Waals surface area (Å²) in [5.41, 5.74) is 0.233. The first-order valence-electron chi connectivity index (χ1n) is 4.10. The summed E-state index contributed by atoms with van der Waals surface area (Å²) in [6.07, 6.45) is 0. The lowest BCUT2D eigenvalue weighted by molar-refractivity contribution is 0.0599. The molecule has 0 N–H and O–H groups in total. The number of hydrogen-bond donors (Lipinski definition) is 0. The largest absolute Gasteiger partial charge is 0.465 e. The average Bonchev–Trinajstić information content (AvgIpc) is 2.14. The standard InChI is InChI=1S/C9H8ClFO4S/c1-5-3-7(11)8(16(10,13)14)4-6(5)9(12)15-2/h3-4H,1-2H3. The van der Waals surface area contributed by atoms with E-state index in [9.17, 15) is 17.6 Å². The maximum absolute atomic E-state index is 13.3. The monoisotopic (exact) mass is 266 g/mol. The van der Waals surface area contributed by atoms with E-state index >= 15 is 0 Å². The summed E-state index contributed by atoms with van der Waals surface area (Å²) in [6.45, 7) is 1.46. The van der Waals surface area contributed by atoms with E-state index in [1.807, 2.05) is 0 Å². The zero-order chi connectivity index (χ0) is 12.5. The number of benzene rings is 1. The number of carbonyl (C=O) groups excluding carboxylic acids is 1. The molecule has 16 heavy (non-hydrogen) atoms. The van der Waals surface area contributed by atoms with Gasteiger partial charge in [0, 0.05) is 10.7 Å². The zero-order valence-electron chi connectivity index (χ0n) is 8.45. The molecule has 0 aliphatic carbocycles. The van der Waals surface area contributed by atoms with Gasteiger partial charge in [0.15, 0.2) is 0 Å². The van der Waals surface area contributed by atoms with Crippen molar-refractivity contribution in [1.82, 2.24) is 0 Å². The fourth-order valence-corrected chi connectivity index (χ4v) is 2.07. The first-order valence-corrected chi connectivity index (χ1v) is 6.41. The van der Waals surface area contributed by atoms with Gasteiger partial charge in [-0.15, -0.1) is 0 Å². The molecule has 0 aromatic heterocycles. The van der Waals surface area contributed by atoms with Crippen LogP contribution in [-0.4, -0.2) is 21.5 Å². The summed E-state index contributed by atoms with van der Waals surface area (Å²) in [5.74, 6) is -1.75. The van der Waals surface area contributed by atoms with Crippen LogP contribution in [0, 0.1) is 12.7 Å². The van der Waals surface area contributed by atoms with Gasteiger partial charge < -0.3 is 4.74 Å². The van der Waals surface area contributed by atoms with E-state index in [1.54, 1.807) is 0 Å². The van der Waals surface area contributed by atoms with Gasteiger partial charge in [0.1, 0.15) is 10.7 Å². The predicted molar refractivity (Wildman–Crippen MR) is 55.5 cm³/mol. The molecular weight excluding hydrogens is 259 g/mol. The van der Waals surface area contributed by atoms with Crippen LogP contribution in [0.3, 0.4) is 0 Å². The Morgan fingerprint density at radius 2 is 2.00 bits per heavy atom. The van der Waals surface area contributed by atoms with Crippen molar-refractivity contribution < 1.29 is 22.3 Å². The minimum Gasteiger partial charge on any atom is -0.465 e. The predicted octanol–water partition coefficient (Wildman–Crippen LogP) is 1.85. The van der Waals surface area contributed by atoms with Gasteiger partial charge in [-0.2, -0.15) is 0 Å². The van der Waals surface area contributed by atoms with Crippen molar-refractivity contribution in [3.8, 4) is 0 Å². The molecular formula is C9H8ClFO4S. The van der Waals surface area contributed by atoms with E-state index in [4.69, 9.17) is 10.7 Å². The molecule has 0 radical (unpaired) electrons. The Bertz CT molecular complexity index is 539. The highest BCUT2D eigenvalue weighted by molar-refractivity contribution is 8.13. The number of carbonyl (C=O) groups is 1. The Morgan fingerprint density at radius 1 is 1.44 bits per heavy atom. The van der Waals surface area contributed by atoms with E-state index < -0.39 is 25.7 Å². The van der Waals surface area contributed by atoms with Crippen LogP contribution < -0.4 is 0 Å². The van der Waals surface area contributed by atoms with Gasteiger partial charge in [-0.25, -0.2) is 17.6 Å². The molecule has 0 saturated heterocycles. The van der Waals surface area contributed by atoms with Crippen molar-refractivity contribution >= 4 is 25.7 Å². The van der Waals surface area contributed by atoms with Gasteiger partial charge in [0.05, 0.1) is 12.7 Å². The second kappa shape index (κ2) is 4.39. The first-order chi connectivity index (χ1) is 7.27. The zero-order valence-corrected chi connectivity index (χ0v) is 10.0. The highest BCUT2D eigenvalue weighted by atomic mass is 35.7. The van der Waals surface area contributed by atoms with Crippen LogP contribution in [0.25, 0.3) is 0 Å². The third kappa shape index (κ3) is 2.51. The summed E-state index contributed by atoms with van der Waals surface area (Å²) in [5, 5.41) is 0. The first kappa shape index (κ1) is 12.9. The SMILES string of the molecule is COC(=O)c1cc(S(=O)(=O)Cl)c(F)cc1C. The van der Waals surface area contributed by atoms with Crippen molar-refractivity contribution in [3.63, 3.8) is 0 Å². The molecule has 0 bridgehead atoms. The molecule has 0 aliphatic rings. The Hall–Kier alpha value is -1.14. The van der Waals surface area contributed by atoms with Gasteiger partial charge in [0.2, 0.25) is 0 Å². The third-order valence-electron chi connectivity index (χ3n) is 1.95. The van der Waals surface area contributed by atoms with Crippen LogP contribution >= 0.6 is 10.7 Å². The normalized spacial score (nSPS) is 11.2. The van der Waals surface area contributed by atoms with Crippen LogP contribution in [0.5, 0.6) is 0 Å². The van der Waals surface area contributed by atoms with Gasteiger partial charge >= 0.3 is 5.97 Å². The number of rotatable bonds is 2. The minimum atomic E-state index is -4.23. The second-order valence-corrected chi connectivity index (χ2v) is 5.56. The summed E-state index contributed by atoms with van der Waals surface area (Å²) >= 11 is 0. The fourth-order valence-electron chi connectivity index (χ4n) is 1.17. The average molecular weight is 267 g/mol. The Labute approximate surface area is 96.4 Å². The van der Waals surface area contributed by atoms with Crippen LogP contribution in [0.2, 0.25) is 0 Å². The fraction of sp³-hybridized carbons (Fsp3) is 0.222. The molecule has 0 saturated carbocycles. The van der Waals surface area contributed by atoms with E-state index in [0.29, 0.717) is 0 Å². The molecule has 0 aliphatic heterocycles. The Morgan fingerprint density at radius 3 is 2.44 bits per heavy atom. The second-order valence-electron chi connectivity index (χ2n) is 3.03. The van der Waals surface area contributed by atoms with Gasteiger partial charge in [-0.1, -0.05) is 0 Å². The molecule has 88 valence electrons.